The summed E-state index contributed by atoms with van der Waals surface area (Å²) in [6, 6.07) is 1.74. The van der Waals surface area contributed by atoms with Gasteiger partial charge in [0.05, 0.1) is 12.1 Å². The molecule has 0 saturated heterocycles. The standard InChI is InChI=1S/C16H21NO5S/c1-16(2,3)22-14(21)8-10-4-5-12(18)17(9-13(19)20)11-6-7-23-15(10)11/h6-7,10H,4-5,8-9H2,1-3H3,(H,19,20). The van der Waals surface area contributed by atoms with Gasteiger partial charge in [-0.15, -0.1) is 11.3 Å². The van der Waals surface area contributed by atoms with E-state index in [1.165, 1.54) is 16.2 Å². The van der Waals surface area contributed by atoms with Gasteiger partial charge in [0.15, 0.2) is 0 Å². The Labute approximate surface area is 139 Å². The molecule has 1 aliphatic heterocycles. The average molecular weight is 339 g/mol. The zero-order valence-corrected chi connectivity index (χ0v) is 14.3. The Bertz CT molecular complexity index is 616. The average Bonchev–Trinajstić information content (AvgIpc) is 2.83. The summed E-state index contributed by atoms with van der Waals surface area (Å²) < 4.78 is 5.36. The molecule has 6 nitrogen and oxygen atoms in total. The third-order valence-electron chi connectivity index (χ3n) is 3.47. The molecule has 0 saturated carbocycles. The summed E-state index contributed by atoms with van der Waals surface area (Å²) in [5.74, 6) is -1.71. The number of ether oxygens (including phenoxy) is 1. The van der Waals surface area contributed by atoms with Crippen LogP contribution in [0.3, 0.4) is 0 Å². The fraction of sp³-hybridized carbons (Fsp3) is 0.562. The zero-order valence-electron chi connectivity index (χ0n) is 13.5. The molecule has 0 bridgehead atoms. The lowest BCUT2D eigenvalue weighted by molar-refractivity contribution is -0.155. The van der Waals surface area contributed by atoms with E-state index < -0.39 is 11.6 Å². The van der Waals surface area contributed by atoms with E-state index in [2.05, 4.69) is 0 Å². The molecule has 0 radical (unpaired) electrons. The molecule has 0 aromatic carbocycles. The number of hydrogen-bond donors (Lipinski definition) is 1. The van der Waals surface area contributed by atoms with Crippen molar-refractivity contribution in [3.63, 3.8) is 0 Å². The second kappa shape index (κ2) is 6.70. The fourth-order valence-electron chi connectivity index (χ4n) is 2.63. The van der Waals surface area contributed by atoms with Gasteiger partial charge in [0.2, 0.25) is 5.91 Å². The van der Waals surface area contributed by atoms with Crippen LogP contribution in [0.4, 0.5) is 5.69 Å². The second-order valence-corrected chi connectivity index (χ2v) is 7.52. The Morgan fingerprint density at radius 2 is 2.13 bits per heavy atom. The number of rotatable bonds is 4. The summed E-state index contributed by atoms with van der Waals surface area (Å²) in [6.07, 6.45) is 0.933. The normalized spacial score (nSPS) is 18.3. The van der Waals surface area contributed by atoms with Gasteiger partial charge in [-0.25, -0.2) is 0 Å². The molecule has 1 aromatic rings. The molecule has 1 N–H and O–H groups in total. The minimum atomic E-state index is -1.05. The summed E-state index contributed by atoms with van der Waals surface area (Å²) in [5.41, 5.74) is 0.0547. The van der Waals surface area contributed by atoms with Gasteiger partial charge in [-0.1, -0.05) is 0 Å². The number of amides is 1. The fourth-order valence-corrected chi connectivity index (χ4v) is 3.66. The maximum Gasteiger partial charge on any atom is 0.323 e. The van der Waals surface area contributed by atoms with Crippen LogP contribution >= 0.6 is 11.3 Å². The first kappa shape index (κ1) is 17.5. The van der Waals surface area contributed by atoms with Gasteiger partial charge in [-0.3, -0.25) is 14.4 Å². The van der Waals surface area contributed by atoms with Crippen molar-refractivity contribution in [3.05, 3.63) is 16.3 Å². The minimum Gasteiger partial charge on any atom is -0.480 e. The molecule has 126 valence electrons. The highest BCUT2D eigenvalue weighted by Gasteiger charge is 2.32. The van der Waals surface area contributed by atoms with E-state index in [0.29, 0.717) is 12.1 Å². The number of hydrogen-bond acceptors (Lipinski definition) is 5. The molecule has 2 rings (SSSR count). The topological polar surface area (TPSA) is 83.9 Å². The van der Waals surface area contributed by atoms with E-state index in [4.69, 9.17) is 9.84 Å². The van der Waals surface area contributed by atoms with Gasteiger partial charge in [0, 0.05) is 17.2 Å². The summed E-state index contributed by atoms with van der Waals surface area (Å²) >= 11 is 1.45. The van der Waals surface area contributed by atoms with Gasteiger partial charge in [0.1, 0.15) is 12.1 Å². The summed E-state index contributed by atoms with van der Waals surface area (Å²) in [7, 11) is 0. The number of nitrogens with zero attached hydrogens (tertiary/aromatic N) is 1. The van der Waals surface area contributed by atoms with Gasteiger partial charge < -0.3 is 14.7 Å². The first-order valence-electron chi connectivity index (χ1n) is 7.49. The third kappa shape index (κ3) is 4.54. The Morgan fingerprint density at radius 1 is 1.43 bits per heavy atom. The number of carboxylic acids is 1. The Balaban J connectivity index is 2.21. The maximum atomic E-state index is 12.2. The van der Waals surface area contributed by atoms with Crippen molar-refractivity contribution in [2.45, 2.75) is 51.6 Å². The first-order valence-corrected chi connectivity index (χ1v) is 8.36. The van der Waals surface area contributed by atoms with Crippen LogP contribution in [-0.4, -0.2) is 35.1 Å². The molecule has 1 amide bonds. The number of aliphatic carboxylic acids is 1. The Hall–Kier alpha value is -1.89. The van der Waals surface area contributed by atoms with Crippen LogP contribution in [0.1, 0.15) is 50.8 Å². The highest BCUT2D eigenvalue weighted by molar-refractivity contribution is 7.10. The molecular formula is C16H21NO5S. The van der Waals surface area contributed by atoms with Crippen LogP contribution in [0, 0.1) is 0 Å². The van der Waals surface area contributed by atoms with Crippen LogP contribution in [0.2, 0.25) is 0 Å². The van der Waals surface area contributed by atoms with E-state index in [1.54, 1.807) is 6.07 Å². The van der Waals surface area contributed by atoms with Crippen molar-refractivity contribution in [2.24, 2.45) is 0 Å². The first-order chi connectivity index (χ1) is 10.7. The highest BCUT2D eigenvalue weighted by atomic mass is 32.1. The third-order valence-corrected chi connectivity index (χ3v) is 4.54. The molecule has 0 aliphatic carbocycles. The van der Waals surface area contributed by atoms with Crippen LogP contribution in [0.25, 0.3) is 0 Å². The van der Waals surface area contributed by atoms with Crippen LogP contribution in [0.15, 0.2) is 11.4 Å². The van der Waals surface area contributed by atoms with Gasteiger partial charge in [-0.2, -0.15) is 0 Å². The van der Waals surface area contributed by atoms with Crippen molar-refractivity contribution >= 4 is 34.9 Å². The smallest absolute Gasteiger partial charge is 0.323 e. The molecule has 0 fully saturated rings. The number of fused-ring (bicyclic) bond motifs is 1. The molecule has 2 heterocycles. The van der Waals surface area contributed by atoms with Crippen molar-refractivity contribution in [1.29, 1.82) is 0 Å². The van der Waals surface area contributed by atoms with Crippen molar-refractivity contribution in [3.8, 4) is 0 Å². The Kier molecular flexibility index (Phi) is 5.09. The van der Waals surface area contributed by atoms with Gasteiger partial charge >= 0.3 is 11.9 Å². The SMILES string of the molecule is CC(C)(C)OC(=O)CC1CCC(=O)N(CC(=O)O)c2ccsc21. The van der Waals surface area contributed by atoms with Crippen molar-refractivity contribution < 1.29 is 24.2 Å². The molecule has 1 unspecified atom stereocenters. The number of thiophene rings is 1. The van der Waals surface area contributed by atoms with E-state index >= 15 is 0 Å². The van der Waals surface area contributed by atoms with E-state index in [9.17, 15) is 14.4 Å². The molecule has 1 aromatic heterocycles. The van der Waals surface area contributed by atoms with E-state index in [0.717, 1.165) is 4.88 Å². The van der Waals surface area contributed by atoms with Crippen molar-refractivity contribution in [1.82, 2.24) is 0 Å². The summed E-state index contributed by atoms with van der Waals surface area (Å²) in [4.78, 5) is 37.5. The lowest BCUT2D eigenvalue weighted by Gasteiger charge is -2.22. The molecular weight excluding hydrogens is 318 g/mol. The predicted octanol–water partition coefficient (Wildman–Crippen LogP) is 2.77. The molecule has 7 heteroatoms. The number of esters is 1. The zero-order chi connectivity index (χ0) is 17.2. The Morgan fingerprint density at radius 3 is 2.74 bits per heavy atom. The lowest BCUT2D eigenvalue weighted by Crippen LogP contribution is -2.34. The van der Waals surface area contributed by atoms with E-state index in [1.807, 2.05) is 26.2 Å². The van der Waals surface area contributed by atoms with Crippen LogP contribution in [0.5, 0.6) is 0 Å². The molecule has 1 aliphatic rings. The minimum absolute atomic E-state index is 0.123. The molecule has 23 heavy (non-hydrogen) atoms. The lowest BCUT2D eigenvalue weighted by atomic mass is 9.98. The highest BCUT2D eigenvalue weighted by Crippen LogP contribution is 2.40. The van der Waals surface area contributed by atoms with Gasteiger partial charge in [0.25, 0.3) is 0 Å². The quantitative estimate of drug-likeness (QED) is 0.853. The number of carbonyl (C=O) groups excluding carboxylic acids is 2. The number of carboxylic acid groups (broad SMARTS) is 1. The number of anilines is 1. The van der Waals surface area contributed by atoms with Gasteiger partial charge in [-0.05, 0) is 38.6 Å². The second-order valence-electron chi connectivity index (χ2n) is 6.57. The number of carbonyl (C=O) groups is 3. The van der Waals surface area contributed by atoms with Crippen LogP contribution in [-0.2, 0) is 19.1 Å². The molecule has 1 atom stereocenters. The molecule has 0 spiro atoms. The largest absolute Gasteiger partial charge is 0.480 e. The monoisotopic (exact) mass is 339 g/mol. The van der Waals surface area contributed by atoms with E-state index in [-0.39, 0.29) is 37.2 Å². The summed E-state index contributed by atoms with van der Waals surface area (Å²) in [5, 5.41) is 10.8. The van der Waals surface area contributed by atoms with Crippen molar-refractivity contribution in [2.75, 3.05) is 11.4 Å². The predicted molar refractivity (Wildman–Crippen MR) is 86.7 cm³/mol. The summed E-state index contributed by atoms with van der Waals surface area (Å²) in [6.45, 7) is 5.08. The maximum absolute atomic E-state index is 12.2. The van der Waals surface area contributed by atoms with Crippen LogP contribution < -0.4 is 4.90 Å².